The zero-order valence-electron chi connectivity index (χ0n) is 13.4. The van der Waals surface area contributed by atoms with E-state index in [1.807, 2.05) is 47.4 Å². The number of guanidine groups is 1. The molecule has 0 radical (unpaired) electrons. The Morgan fingerprint density at radius 2 is 1.96 bits per heavy atom. The van der Waals surface area contributed by atoms with E-state index in [1.54, 1.807) is 0 Å². The number of aliphatic imine (C=N–C) groups is 1. The molecular formula is C17H24IN5. The molecular weight excluding hydrogens is 401 g/mol. The van der Waals surface area contributed by atoms with Crippen molar-refractivity contribution >= 4 is 29.9 Å². The van der Waals surface area contributed by atoms with Gasteiger partial charge in [-0.3, -0.25) is 0 Å². The van der Waals surface area contributed by atoms with Gasteiger partial charge in [0.25, 0.3) is 0 Å². The van der Waals surface area contributed by atoms with Crippen LogP contribution in [-0.2, 0) is 6.54 Å². The Morgan fingerprint density at radius 3 is 2.65 bits per heavy atom. The van der Waals surface area contributed by atoms with E-state index in [0.717, 1.165) is 30.3 Å². The molecule has 0 spiro atoms. The van der Waals surface area contributed by atoms with E-state index in [9.17, 15) is 0 Å². The quantitative estimate of drug-likeness (QED) is 0.467. The minimum Gasteiger partial charge on any atom is -0.370 e. The van der Waals surface area contributed by atoms with Crippen molar-refractivity contribution in [2.24, 2.45) is 16.6 Å². The van der Waals surface area contributed by atoms with Crippen LogP contribution in [0.15, 0.2) is 47.7 Å². The number of hydrogen-bond donors (Lipinski definition) is 1. The second kappa shape index (κ2) is 8.33. The largest absolute Gasteiger partial charge is 0.370 e. The lowest BCUT2D eigenvalue weighted by atomic mass is 10.00. The Kier molecular flexibility index (Phi) is 6.44. The van der Waals surface area contributed by atoms with E-state index in [4.69, 9.17) is 5.73 Å². The molecule has 1 aromatic heterocycles. The van der Waals surface area contributed by atoms with Gasteiger partial charge in [-0.1, -0.05) is 25.1 Å². The summed E-state index contributed by atoms with van der Waals surface area (Å²) >= 11 is 0. The predicted octanol–water partition coefficient (Wildman–Crippen LogP) is 3.04. The molecule has 1 aliphatic heterocycles. The van der Waals surface area contributed by atoms with E-state index >= 15 is 0 Å². The molecule has 1 aliphatic rings. The lowest BCUT2D eigenvalue weighted by Gasteiger charge is -2.30. The van der Waals surface area contributed by atoms with E-state index in [2.05, 4.69) is 21.9 Å². The highest BCUT2D eigenvalue weighted by Gasteiger charge is 2.16. The average Bonchev–Trinajstić information content (AvgIpc) is 3.03. The predicted molar refractivity (Wildman–Crippen MR) is 104 cm³/mol. The normalized spacial score (nSPS) is 16.2. The first-order valence-corrected chi connectivity index (χ1v) is 7.86. The van der Waals surface area contributed by atoms with Gasteiger partial charge < -0.3 is 10.6 Å². The number of para-hydroxylation sites is 1. The lowest BCUT2D eigenvalue weighted by Crippen LogP contribution is -2.42. The molecule has 1 saturated heterocycles. The molecule has 2 N–H and O–H groups in total. The molecule has 0 saturated carbocycles. The van der Waals surface area contributed by atoms with Crippen LogP contribution in [0.2, 0.25) is 0 Å². The Hall–Kier alpha value is -1.57. The van der Waals surface area contributed by atoms with Gasteiger partial charge >= 0.3 is 0 Å². The maximum Gasteiger partial charge on any atom is 0.191 e. The van der Waals surface area contributed by atoms with Gasteiger partial charge in [0.05, 0.1) is 18.4 Å². The SMILES string of the molecule is CC1CCN(C(N)=NCc2cnn(-c3ccccc3)c2)CC1.I. The lowest BCUT2D eigenvalue weighted by molar-refractivity contribution is 0.277. The van der Waals surface area contributed by atoms with Crippen LogP contribution in [0.1, 0.15) is 25.3 Å². The molecule has 2 heterocycles. The first kappa shape index (κ1) is 17.8. The standard InChI is InChI=1S/C17H23N5.HI/c1-14-7-9-21(10-8-14)17(18)19-11-15-12-20-22(13-15)16-5-3-2-4-6-16;/h2-6,12-14H,7-11H2,1H3,(H2,18,19);1H. The second-order valence-corrected chi connectivity index (χ2v) is 5.97. The topological polar surface area (TPSA) is 59.4 Å². The Balaban J connectivity index is 0.00000192. The number of piperidine rings is 1. The number of nitrogens with two attached hydrogens (primary N) is 1. The fraction of sp³-hybridized carbons (Fsp3) is 0.412. The summed E-state index contributed by atoms with van der Waals surface area (Å²) in [6.07, 6.45) is 6.25. The van der Waals surface area contributed by atoms with Crippen molar-refractivity contribution in [2.75, 3.05) is 13.1 Å². The molecule has 0 amide bonds. The average molecular weight is 425 g/mol. The van der Waals surface area contributed by atoms with Crippen LogP contribution in [0, 0.1) is 5.92 Å². The van der Waals surface area contributed by atoms with Gasteiger partial charge in [-0.25, -0.2) is 9.67 Å². The highest BCUT2D eigenvalue weighted by molar-refractivity contribution is 14.0. The van der Waals surface area contributed by atoms with Gasteiger partial charge in [0.15, 0.2) is 5.96 Å². The third-order valence-electron chi connectivity index (χ3n) is 4.19. The summed E-state index contributed by atoms with van der Waals surface area (Å²) in [6.45, 7) is 4.90. The number of nitrogens with zero attached hydrogens (tertiary/aromatic N) is 4. The third kappa shape index (κ3) is 4.70. The van der Waals surface area contributed by atoms with Gasteiger partial charge in [0.2, 0.25) is 0 Å². The molecule has 23 heavy (non-hydrogen) atoms. The summed E-state index contributed by atoms with van der Waals surface area (Å²) in [4.78, 5) is 6.70. The fourth-order valence-electron chi connectivity index (χ4n) is 2.67. The maximum atomic E-state index is 6.11. The van der Waals surface area contributed by atoms with Crippen LogP contribution in [0.4, 0.5) is 0 Å². The molecule has 0 unspecified atom stereocenters. The van der Waals surface area contributed by atoms with Crippen molar-refractivity contribution in [2.45, 2.75) is 26.3 Å². The maximum absolute atomic E-state index is 6.11. The summed E-state index contributed by atoms with van der Waals surface area (Å²) in [5, 5.41) is 4.38. The summed E-state index contributed by atoms with van der Waals surface area (Å²) in [6, 6.07) is 10.1. The highest BCUT2D eigenvalue weighted by atomic mass is 127. The van der Waals surface area contributed by atoms with Crippen LogP contribution in [0.3, 0.4) is 0 Å². The molecule has 3 rings (SSSR count). The van der Waals surface area contributed by atoms with E-state index in [-0.39, 0.29) is 24.0 Å². The summed E-state index contributed by atoms with van der Waals surface area (Å²) in [5.41, 5.74) is 8.23. The minimum atomic E-state index is 0. The first-order valence-electron chi connectivity index (χ1n) is 7.86. The number of likely N-dealkylation sites (tertiary alicyclic amines) is 1. The first-order chi connectivity index (χ1) is 10.7. The van der Waals surface area contributed by atoms with Crippen molar-refractivity contribution in [1.29, 1.82) is 0 Å². The number of hydrogen-bond acceptors (Lipinski definition) is 2. The molecule has 2 aromatic rings. The van der Waals surface area contributed by atoms with Crippen LogP contribution in [0.25, 0.3) is 5.69 Å². The Bertz CT molecular complexity index is 629. The molecule has 124 valence electrons. The van der Waals surface area contributed by atoms with Crippen LogP contribution >= 0.6 is 24.0 Å². The Morgan fingerprint density at radius 1 is 1.26 bits per heavy atom. The van der Waals surface area contributed by atoms with Crippen LogP contribution in [0.5, 0.6) is 0 Å². The molecule has 6 heteroatoms. The number of aromatic nitrogens is 2. The number of halogens is 1. The zero-order valence-corrected chi connectivity index (χ0v) is 15.8. The van der Waals surface area contributed by atoms with E-state index in [1.165, 1.54) is 12.8 Å². The van der Waals surface area contributed by atoms with Crippen molar-refractivity contribution in [3.8, 4) is 5.69 Å². The molecule has 1 aromatic carbocycles. The second-order valence-electron chi connectivity index (χ2n) is 5.97. The van der Waals surface area contributed by atoms with Crippen LogP contribution < -0.4 is 5.73 Å². The fourth-order valence-corrected chi connectivity index (χ4v) is 2.67. The van der Waals surface area contributed by atoms with Crippen molar-refractivity contribution in [3.63, 3.8) is 0 Å². The van der Waals surface area contributed by atoms with Gasteiger partial charge in [0.1, 0.15) is 0 Å². The highest BCUT2D eigenvalue weighted by Crippen LogP contribution is 2.15. The summed E-state index contributed by atoms with van der Waals surface area (Å²) in [5.74, 6) is 1.45. The van der Waals surface area contributed by atoms with E-state index in [0.29, 0.717) is 12.5 Å². The van der Waals surface area contributed by atoms with Crippen molar-refractivity contribution in [1.82, 2.24) is 14.7 Å². The monoisotopic (exact) mass is 425 g/mol. The number of benzene rings is 1. The molecule has 1 fully saturated rings. The summed E-state index contributed by atoms with van der Waals surface area (Å²) < 4.78 is 1.86. The van der Waals surface area contributed by atoms with Gasteiger partial charge in [-0.15, -0.1) is 24.0 Å². The summed E-state index contributed by atoms with van der Waals surface area (Å²) in [7, 11) is 0. The molecule has 0 bridgehead atoms. The smallest absolute Gasteiger partial charge is 0.191 e. The zero-order chi connectivity index (χ0) is 15.4. The van der Waals surface area contributed by atoms with Gasteiger partial charge in [-0.05, 0) is 30.9 Å². The van der Waals surface area contributed by atoms with Gasteiger partial charge in [-0.2, -0.15) is 5.10 Å². The number of rotatable bonds is 3. The molecule has 0 aliphatic carbocycles. The third-order valence-corrected chi connectivity index (χ3v) is 4.19. The Labute approximate surface area is 154 Å². The van der Waals surface area contributed by atoms with E-state index < -0.39 is 0 Å². The van der Waals surface area contributed by atoms with Crippen LogP contribution in [-0.4, -0.2) is 33.7 Å². The minimum absolute atomic E-state index is 0. The van der Waals surface area contributed by atoms with Crippen molar-refractivity contribution in [3.05, 3.63) is 48.3 Å². The van der Waals surface area contributed by atoms with Crippen molar-refractivity contribution < 1.29 is 0 Å². The molecule has 5 nitrogen and oxygen atoms in total. The molecule has 0 atom stereocenters. The van der Waals surface area contributed by atoms with Gasteiger partial charge in [0, 0.05) is 24.8 Å².